The van der Waals surface area contributed by atoms with Crippen LogP contribution in [0, 0.1) is 0 Å². The Kier molecular flexibility index (Phi) is 4.19. The second-order valence-corrected chi connectivity index (χ2v) is 8.10. The molecule has 1 aliphatic heterocycles. The molecule has 3 heterocycles. The summed E-state index contributed by atoms with van der Waals surface area (Å²) in [6.07, 6.45) is 0. The lowest BCUT2D eigenvalue weighted by molar-refractivity contribution is 0.834. The normalized spacial score (nSPS) is 23.7. The van der Waals surface area contributed by atoms with Crippen LogP contribution in [0.4, 0.5) is 5.82 Å². The first-order chi connectivity index (χ1) is 9.29. The topological polar surface area (TPSA) is 37.8 Å². The quantitative estimate of drug-likeness (QED) is 0.926. The fraction of sp³-hybridized carbons (Fsp3) is 0.538. The molecule has 0 aliphatic carbocycles. The molecule has 1 saturated heterocycles. The first-order valence-electron chi connectivity index (χ1n) is 6.52. The highest BCUT2D eigenvalue weighted by Crippen LogP contribution is 2.42. The largest absolute Gasteiger partial charge is 0.370 e. The van der Waals surface area contributed by atoms with Gasteiger partial charge in [0.25, 0.3) is 0 Å². The third-order valence-corrected chi connectivity index (χ3v) is 7.02. The van der Waals surface area contributed by atoms with Crippen molar-refractivity contribution in [3.63, 3.8) is 0 Å². The predicted octanol–water partition coefficient (Wildman–Crippen LogP) is 4.03. The van der Waals surface area contributed by atoms with Gasteiger partial charge in [0.15, 0.2) is 0 Å². The lowest BCUT2D eigenvalue weighted by Crippen LogP contribution is -2.18. The van der Waals surface area contributed by atoms with Gasteiger partial charge in [-0.3, -0.25) is 0 Å². The first-order valence-corrected chi connectivity index (χ1v) is 9.49. The molecule has 3 nitrogen and oxygen atoms in total. The Hall–Kier alpha value is -0.460. The first kappa shape index (κ1) is 13.5. The molecule has 1 N–H and O–H groups in total. The number of nitrogens with zero attached hydrogens (tertiary/aromatic N) is 2. The Morgan fingerprint density at radius 2 is 2.16 bits per heavy atom. The molecule has 0 radical (unpaired) electrons. The van der Waals surface area contributed by atoms with E-state index in [1.165, 1.54) is 11.5 Å². The van der Waals surface area contributed by atoms with E-state index in [1.807, 2.05) is 23.5 Å². The minimum Gasteiger partial charge on any atom is -0.370 e. The van der Waals surface area contributed by atoms with Crippen molar-refractivity contribution in [2.75, 3.05) is 23.4 Å². The predicted molar refractivity (Wildman–Crippen MR) is 88.7 cm³/mol. The molecule has 102 valence electrons. The van der Waals surface area contributed by atoms with Gasteiger partial charge in [0.1, 0.15) is 16.5 Å². The minimum absolute atomic E-state index is 0.419. The van der Waals surface area contributed by atoms with E-state index in [0.717, 1.165) is 28.4 Å². The van der Waals surface area contributed by atoms with Crippen LogP contribution < -0.4 is 5.32 Å². The summed E-state index contributed by atoms with van der Waals surface area (Å²) in [5, 5.41) is 7.62. The monoisotopic (exact) mass is 311 g/mol. The SMILES string of the molecule is CCNc1nc(C2SCCSC2C)nc2sccc12. The van der Waals surface area contributed by atoms with E-state index in [1.54, 1.807) is 11.3 Å². The number of anilines is 1. The van der Waals surface area contributed by atoms with E-state index in [4.69, 9.17) is 9.97 Å². The van der Waals surface area contributed by atoms with Gasteiger partial charge in [0, 0.05) is 23.3 Å². The van der Waals surface area contributed by atoms with Gasteiger partial charge in [-0.2, -0.15) is 11.8 Å². The van der Waals surface area contributed by atoms with Crippen LogP contribution in [-0.2, 0) is 0 Å². The zero-order valence-electron chi connectivity index (χ0n) is 11.0. The number of hydrogen-bond acceptors (Lipinski definition) is 6. The lowest BCUT2D eigenvalue weighted by Gasteiger charge is -2.26. The van der Waals surface area contributed by atoms with Gasteiger partial charge in [0.2, 0.25) is 0 Å². The Labute approximate surface area is 126 Å². The van der Waals surface area contributed by atoms with E-state index in [0.29, 0.717) is 10.5 Å². The summed E-state index contributed by atoms with van der Waals surface area (Å²) in [5.74, 6) is 4.42. The molecule has 0 aromatic carbocycles. The van der Waals surface area contributed by atoms with Crippen LogP contribution in [0.2, 0.25) is 0 Å². The highest BCUT2D eigenvalue weighted by atomic mass is 32.2. The minimum atomic E-state index is 0.419. The number of rotatable bonds is 3. The molecule has 0 spiro atoms. The third kappa shape index (κ3) is 2.71. The van der Waals surface area contributed by atoms with Gasteiger partial charge in [-0.15, -0.1) is 23.1 Å². The summed E-state index contributed by atoms with van der Waals surface area (Å²) in [6, 6.07) is 2.11. The standard InChI is InChI=1S/C13H17N3S3/c1-3-14-11-9-4-5-19-13(9)16-12(15-11)10-8(2)17-6-7-18-10/h4-5,8,10H,3,6-7H2,1-2H3,(H,14,15,16). The van der Waals surface area contributed by atoms with Crippen molar-refractivity contribution >= 4 is 50.9 Å². The number of aromatic nitrogens is 2. The number of nitrogens with one attached hydrogen (secondary N) is 1. The fourth-order valence-electron chi connectivity index (χ4n) is 2.22. The van der Waals surface area contributed by atoms with Crippen molar-refractivity contribution in [2.45, 2.75) is 24.3 Å². The molecule has 3 rings (SSSR count). The number of thiophene rings is 1. The summed E-state index contributed by atoms with van der Waals surface area (Å²) in [7, 11) is 0. The van der Waals surface area contributed by atoms with Gasteiger partial charge < -0.3 is 5.32 Å². The van der Waals surface area contributed by atoms with Gasteiger partial charge in [0.05, 0.1) is 10.6 Å². The smallest absolute Gasteiger partial charge is 0.146 e. The fourth-order valence-corrected chi connectivity index (χ4v) is 5.68. The van der Waals surface area contributed by atoms with Crippen LogP contribution in [0.25, 0.3) is 10.2 Å². The second kappa shape index (κ2) is 5.89. The Morgan fingerprint density at radius 3 is 2.95 bits per heavy atom. The molecule has 1 aliphatic rings. The number of thioether (sulfide) groups is 2. The maximum atomic E-state index is 4.79. The van der Waals surface area contributed by atoms with Crippen LogP contribution in [0.5, 0.6) is 0 Å². The van der Waals surface area contributed by atoms with E-state index < -0.39 is 0 Å². The number of hydrogen-bond donors (Lipinski definition) is 1. The average Bonchev–Trinajstić information content (AvgIpc) is 2.88. The molecule has 2 atom stereocenters. The zero-order chi connectivity index (χ0) is 13.2. The highest BCUT2D eigenvalue weighted by Gasteiger charge is 2.27. The van der Waals surface area contributed by atoms with Gasteiger partial charge in [-0.25, -0.2) is 9.97 Å². The summed E-state index contributed by atoms with van der Waals surface area (Å²) in [6.45, 7) is 5.29. The van der Waals surface area contributed by atoms with Crippen LogP contribution in [0.15, 0.2) is 11.4 Å². The summed E-state index contributed by atoms with van der Waals surface area (Å²) in [5.41, 5.74) is 0. The van der Waals surface area contributed by atoms with Crippen molar-refractivity contribution in [1.29, 1.82) is 0 Å². The van der Waals surface area contributed by atoms with Crippen molar-refractivity contribution in [3.05, 3.63) is 17.3 Å². The molecule has 6 heteroatoms. The van der Waals surface area contributed by atoms with Gasteiger partial charge in [-0.05, 0) is 18.4 Å². The maximum Gasteiger partial charge on any atom is 0.146 e. The Balaban J connectivity index is 2.02. The van der Waals surface area contributed by atoms with E-state index in [9.17, 15) is 0 Å². The second-order valence-electron chi connectivity index (χ2n) is 4.47. The molecular formula is C13H17N3S3. The molecule has 1 fully saturated rings. The summed E-state index contributed by atoms with van der Waals surface area (Å²) >= 11 is 5.72. The van der Waals surface area contributed by atoms with Gasteiger partial charge in [-0.1, -0.05) is 6.92 Å². The third-order valence-electron chi connectivity index (χ3n) is 3.13. The van der Waals surface area contributed by atoms with E-state index in [2.05, 4.69) is 30.6 Å². The lowest BCUT2D eigenvalue weighted by atomic mass is 10.3. The summed E-state index contributed by atoms with van der Waals surface area (Å²) < 4.78 is 0. The molecule has 0 amide bonds. The van der Waals surface area contributed by atoms with Crippen molar-refractivity contribution < 1.29 is 0 Å². The molecule has 2 unspecified atom stereocenters. The molecule has 2 aromatic heterocycles. The summed E-state index contributed by atoms with van der Waals surface area (Å²) in [4.78, 5) is 10.7. The highest BCUT2D eigenvalue weighted by molar-refractivity contribution is 8.06. The molecule has 0 saturated carbocycles. The molecule has 0 bridgehead atoms. The van der Waals surface area contributed by atoms with E-state index in [-0.39, 0.29) is 0 Å². The molecular weight excluding hydrogens is 294 g/mol. The Morgan fingerprint density at radius 1 is 1.32 bits per heavy atom. The van der Waals surface area contributed by atoms with Crippen molar-refractivity contribution in [1.82, 2.24) is 9.97 Å². The van der Waals surface area contributed by atoms with Crippen LogP contribution in [-0.4, -0.2) is 33.3 Å². The van der Waals surface area contributed by atoms with Crippen molar-refractivity contribution in [3.8, 4) is 0 Å². The maximum absolute atomic E-state index is 4.79. The average molecular weight is 312 g/mol. The van der Waals surface area contributed by atoms with E-state index >= 15 is 0 Å². The number of fused-ring (bicyclic) bond motifs is 1. The molecule has 19 heavy (non-hydrogen) atoms. The van der Waals surface area contributed by atoms with Crippen LogP contribution in [0.3, 0.4) is 0 Å². The van der Waals surface area contributed by atoms with Crippen LogP contribution in [0.1, 0.15) is 24.9 Å². The van der Waals surface area contributed by atoms with Crippen molar-refractivity contribution in [2.24, 2.45) is 0 Å². The zero-order valence-corrected chi connectivity index (χ0v) is 13.5. The molecule has 2 aromatic rings. The van der Waals surface area contributed by atoms with Gasteiger partial charge >= 0.3 is 0 Å². The van der Waals surface area contributed by atoms with Crippen LogP contribution >= 0.6 is 34.9 Å². The Bertz CT molecular complexity index is 569.